The number of anilines is 1. The maximum Gasteiger partial charge on any atom is 0.121 e. The second-order valence-corrected chi connectivity index (χ2v) is 5.91. The number of rotatable bonds is 8. The van der Waals surface area contributed by atoms with Crippen LogP contribution in [0.2, 0.25) is 0 Å². The SMILES string of the molecule is CC(C)C(Nc1cccc(OCCCC#N)c1)c1ccccc1. The molecule has 1 atom stereocenters. The van der Waals surface area contributed by atoms with E-state index in [9.17, 15) is 0 Å². The number of nitrogens with zero attached hydrogens (tertiary/aromatic N) is 1. The molecule has 1 unspecified atom stereocenters. The van der Waals surface area contributed by atoms with Crippen molar-refractivity contribution in [3.63, 3.8) is 0 Å². The summed E-state index contributed by atoms with van der Waals surface area (Å²) in [7, 11) is 0. The number of nitriles is 1. The van der Waals surface area contributed by atoms with Crippen molar-refractivity contribution in [1.29, 1.82) is 5.26 Å². The maximum atomic E-state index is 8.55. The molecule has 0 saturated carbocycles. The van der Waals surface area contributed by atoms with Crippen molar-refractivity contribution in [3.8, 4) is 11.8 Å². The van der Waals surface area contributed by atoms with Crippen LogP contribution in [0.15, 0.2) is 54.6 Å². The van der Waals surface area contributed by atoms with E-state index in [2.05, 4.69) is 55.6 Å². The monoisotopic (exact) mass is 308 g/mol. The van der Waals surface area contributed by atoms with Gasteiger partial charge in [-0.1, -0.05) is 50.2 Å². The maximum absolute atomic E-state index is 8.55. The number of hydrogen-bond donors (Lipinski definition) is 1. The zero-order chi connectivity index (χ0) is 16.5. The summed E-state index contributed by atoms with van der Waals surface area (Å²) in [5, 5.41) is 12.2. The van der Waals surface area contributed by atoms with Gasteiger partial charge in [0.25, 0.3) is 0 Å². The van der Waals surface area contributed by atoms with Gasteiger partial charge in [0, 0.05) is 18.2 Å². The third-order valence-corrected chi connectivity index (χ3v) is 3.68. The Morgan fingerprint density at radius 3 is 2.57 bits per heavy atom. The molecule has 0 radical (unpaired) electrons. The van der Waals surface area contributed by atoms with Gasteiger partial charge in [-0.15, -0.1) is 0 Å². The summed E-state index contributed by atoms with van der Waals surface area (Å²) in [5.41, 5.74) is 2.33. The van der Waals surface area contributed by atoms with E-state index in [-0.39, 0.29) is 6.04 Å². The van der Waals surface area contributed by atoms with Crippen LogP contribution < -0.4 is 10.1 Å². The van der Waals surface area contributed by atoms with E-state index in [4.69, 9.17) is 10.00 Å². The Hall–Kier alpha value is -2.47. The minimum atomic E-state index is 0.255. The molecular weight excluding hydrogens is 284 g/mol. The average Bonchev–Trinajstić information content (AvgIpc) is 2.57. The van der Waals surface area contributed by atoms with E-state index >= 15 is 0 Å². The lowest BCUT2D eigenvalue weighted by Crippen LogP contribution is -2.16. The van der Waals surface area contributed by atoms with E-state index < -0.39 is 0 Å². The van der Waals surface area contributed by atoms with E-state index in [0.29, 0.717) is 18.9 Å². The molecule has 2 aromatic rings. The topological polar surface area (TPSA) is 45.0 Å². The molecule has 2 aromatic carbocycles. The highest BCUT2D eigenvalue weighted by atomic mass is 16.5. The van der Waals surface area contributed by atoms with E-state index in [1.54, 1.807) is 0 Å². The Labute approximate surface area is 138 Å². The molecule has 3 heteroatoms. The van der Waals surface area contributed by atoms with Crippen molar-refractivity contribution in [3.05, 3.63) is 60.2 Å². The van der Waals surface area contributed by atoms with Gasteiger partial charge in [-0.3, -0.25) is 0 Å². The van der Waals surface area contributed by atoms with Gasteiger partial charge >= 0.3 is 0 Å². The molecule has 0 saturated heterocycles. The highest BCUT2D eigenvalue weighted by Crippen LogP contribution is 2.28. The van der Waals surface area contributed by atoms with Crippen molar-refractivity contribution < 1.29 is 4.74 Å². The van der Waals surface area contributed by atoms with Crippen molar-refractivity contribution >= 4 is 5.69 Å². The van der Waals surface area contributed by atoms with Gasteiger partial charge in [0.2, 0.25) is 0 Å². The van der Waals surface area contributed by atoms with Gasteiger partial charge in [-0.05, 0) is 30.0 Å². The first-order chi connectivity index (χ1) is 11.2. The van der Waals surface area contributed by atoms with Crippen LogP contribution in [-0.4, -0.2) is 6.61 Å². The van der Waals surface area contributed by atoms with Gasteiger partial charge in [-0.25, -0.2) is 0 Å². The smallest absolute Gasteiger partial charge is 0.121 e. The Balaban J connectivity index is 2.04. The van der Waals surface area contributed by atoms with Crippen molar-refractivity contribution in [2.75, 3.05) is 11.9 Å². The van der Waals surface area contributed by atoms with Crippen LogP contribution in [0.4, 0.5) is 5.69 Å². The van der Waals surface area contributed by atoms with E-state index in [0.717, 1.165) is 17.9 Å². The summed E-state index contributed by atoms with van der Waals surface area (Å²) in [5.74, 6) is 1.31. The molecule has 2 rings (SSSR count). The third-order valence-electron chi connectivity index (χ3n) is 3.68. The molecule has 0 aliphatic rings. The second kappa shape index (κ2) is 8.85. The third kappa shape index (κ3) is 5.34. The first-order valence-electron chi connectivity index (χ1n) is 8.12. The summed E-state index contributed by atoms with van der Waals surface area (Å²) >= 11 is 0. The zero-order valence-corrected chi connectivity index (χ0v) is 13.8. The van der Waals surface area contributed by atoms with Gasteiger partial charge in [0.15, 0.2) is 0 Å². The number of unbranched alkanes of at least 4 members (excludes halogenated alkanes) is 1. The molecule has 0 spiro atoms. The minimum absolute atomic E-state index is 0.255. The predicted octanol–water partition coefficient (Wildman–Crippen LogP) is 5.18. The highest BCUT2D eigenvalue weighted by Gasteiger charge is 2.15. The molecule has 0 fully saturated rings. The fourth-order valence-corrected chi connectivity index (χ4v) is 2.49. The normalized spacial score (nSPS) is 11.7. The quantitative estimate of drug-likeness (QED) is 0.683. The largest absolute Gasteiger partial charge is 0.493 e. The Kier molecular flexibility index (Phi) is 6.50. The molecule has 0 heterocycles. The second-order valence-electron chi connectivity index (χ2n) is 5.91. The van der Waals surface area contributed by atoms with Gasteiger partial charge < -0.3 is 10.1 Å². The van der Waals surface area contributed by atoms with Gasteiger partial charge in [0.05, 0.1) is 18.7 Å². The first-order valence-corrected chi connectivity index (χ1v) is 8.12. The summed E-state index contributed by atoms with van der Waals surface area (Å²) < 4.78 is 5.71. The number of ether oxygens (including phenoxy) is 1. The molecule has 23 heavy (non-hydrogen) atoms. The summed E-state index contributed by atoms with van der Waals surface area (Å²) in [6.07, 6.45) is 1.29. The molecule has 0 bridgehead atoms. The van der Waals surface area contributed by atoms with E-state index in [1.165, 1.54) is 5.56 Å². The lowest BCUT2D eigenvalue weighted by atomic mass is 9.96. The molecule has 120 valence electrons. The summed E-state index contributed by atoms with van der Waals surface area (Å²) in [6.45, 7) is 5.00. The summed E-state index contributed by atoms with van der Waals surface area (Å²) in [6, 6.07) is 20.9. The molecule has 0 aliphatic heterocycles. The molecule has 0 aromatic heterocycles. The molecule has 0 aliphatic carbocycles. The zero-order valence-electron chi connectivity index (χ0n) is 13.8. The summed E-state index contributed by atoms with van der Waals surface area (Å²) in [4.78, 5) is 0. The fourth-order valence-electron chi connectivity index (χ4n) is 2.49. The van der Waals surface area contributed by atoms with E-state index in [1.807, 2.05) is 24.3 Å². The van der Waals surface area contributed by atoms with Crippen LogP contribution in [0.5, 0.6) is 5.75 Å². The lowest BCUT2D eigenvalue weighted by Gasteiger charge is -2.24. The van der Waals surface area contributed by atoms with Crippen molar-refractivity contribution in [2.45, 2.75) is 32.7 Å². The van der Waals surface area contributed by atoms with Crippen LogP contribution in [0.1, 0.15) is 38.3 Å². The Bertz CT molecular complexity index is 632. The molecule has 3 nitrogen and oxygen atoms in total. The first kappa shape index (κ1) is 16.9. The van der Waals surface area contributed by atoms with Crippen molar-refractivity contribution in [1.82, 2.24) is 0 Å². The lowest BCUT2D eigenvalue weighted by molar-refractivity contribution is 0.313. The van der Waals surface area contributed by atoms with Gasteiger partial charge in [0.1, 0.15) is 5.75 Å². The van der Waals surface area contributed by atoms with Crippen LogP contribution in [-0.2, 0) is 0 Å². The standard InChI is InChI=1S/C20H24N2O/c1-16(2)20(17-9-4-3-5-10-17)22-18-11-8-12-19(15-18)23-14-7-6-13-21/h3-5,8-12,15-16,20,22H,6-7,14H2,1-2H3. The minimum Gasteiger partial charge on any atom is -0.493 e. The van der Waals surface area contributed by atoms with Crippen molar-refractivity contribution in [2.24, 2.45) is 5.92 Å². The van der Waals surface area contributed by atoms with Crippen LogP contribution in [0, 0.1) is 17.2 Å². The number of nitrogens with one attached hydrogen (secondary N) is 1. The Morgan fingerprint density at radius 1 is 1.09 bits per heavy atom. The average molecular weight is 308 g/mol. The molecular formula is C20H24N2O. The fraction of sp³-hybridized carbons (Fsp3) is 0.350. The highest BCUT2D eigenvalue weighted by molar-refractivity contribution is 5.50. The molecule has 1 N–H and O–H groups in total. The van der Waals surface area contributed by atoms with Crippen LogP contribution in [0.3, 0.4) is 0 Å². The number of benzene rings is 2. The van der Waals surface area contributed by atoms with Crippen LogP contribution in [0.25, 0.3) is 0 Å². The van der Waals surface area contributed by atoms with Gasteiger partial charge in [-0.2, -0.15) is 5.26 Å². The molecule has 0 amide bonds. The Morgan fingerprint density at radius 2 is 1.87 bits per heavy atom. The number of hydrogen-bond acceptors (Lipinski definition) is 3. The predicted molar refractivity (Wildman–Crippen MR) is 94.4 cm³/mol. The van der Waals surface area contributed by atoms with Crippen LogP contribution >= 0.6 is 0 Å².